The van der Waals surface area contributed by atoms with Crippen LogP contribution in [0, 0.1) is 0 Å². The van der Waals surface area contributed by atoms with Crippen molar-refractivity contribution in [3.63, 3.8) is 0 Å². The van der Waals surface area contributed by atoms with E-state index in [4.69, 9.17) is 21.7 Å². The molecule has 0 atom stereocenters. The number of carboxylic acid groups (broad SMARTS) is 1. The highest BCUT2D eigenvalue weighted by atomic mass is 35.5. The Morgan fingerprint density at radius 3 is 2.27 bits per heavy atom. The molecule has 13 heteroatoms. The zero-order valence-corrected chi connectivity index (χ0v) is 31.5. The molecule has 0 bridgehead atoms. The van der Waals surface area contributed by atoms with E-state index in [0.29, 0.717) is 52.0 Å². The predicted octanol–water partition coefficient (Wildman–Crippen LogP) is 8.86. The summed E-state index contributed by atoms with van der Waals surface area (Å²) in [7, 11) is -8.87. The van der Waals surface area contributed by atoms with Crippen LogP contribution in [-0.4, -0.2) is 49.3 Å². The van der Waals surface area contributed by atoms with Gasteiger partial charge in [0.05, 0.1) is 16.3 Å². The highest BCUT2D eigenvalue weighted by Gasteiger charge is 2.41. The first-order valence-electron chi connectivity index (χ1n) is 16.7. The van der Waals surface area contributed by atoms with Gasteiger partial charge in [-0.15, -0.1) is 0 Å². The van der Waals surface area contributed by atoms with Crippen LogP contribution in [0.5, 0.6) is 0 Å². The lowest BCUT2D eigenvalue weighted by atomic mass is 9.79. The lowest BCUT2D eigenvalue weighted by Crippen LogP contribution is -2.27. The molecule has 2 aliphatic rings. The van der Waals surface area contributed by atoms with Crippen molar-refractivity contribution in [1.29, 1.82) is 0 Å². The van der Waals surface area contributed by atoms with Gasteiger partial charge in [0.1, 0.15) is 4.90 Å². The fraction of sp³-hybridized carbons (Fsp3) is 0.282. The minimum Gasteiger partial charge on any atom is -0.481 e. The number of unbranched alkanes of at least 4 members (excludes halogenated alkanes) is 2. The third-order valence-electron chi connectivity index (χ3n) is 9.97. The highest BCUT2D eigenvalue weighted by Crippen LogP contribution is 2.51. The summed E-state index contributed by atoms with van der Waals surface area (Å²) in [6.07, 6.45) is 9.36. The second-order valence-electron chi connectivity index (χ2n) is 14.1. The van der Waals surface area contributed by atoms with Gasteiger partial charge in [0, 0.05) is 45.6 Å². The van der Waals surface area contributed by atoms with Crippen LogP contribution in [-0.2, 0) is 35.9 Å². The summed E-state index contributed by atoms with van der Waals surface area (Å²) >= 11 is 6.81. The Balaban J connectivity index is 1.35. The van der Waals surface area contributed by atoms with Crippen LogP contribution < -0.4 is 4.90 Å². The normalized spacial score (nSPS) is 17.7. The number of allylic oxidation sites excluding steroid dienone is 6. The van der Waals surface area contributed by atoms with E-state index in [0.717, 1.165) is 34.3 Å². The minimum absolute atomic E-state index is 0.0908. The van der Waals surface area contributed by atoms with Crippen molar-refractivity contribution in [2.24, 2.45) is 4.99 Å². The van der Waals surface area contributed by atoms with Crippen LogP contribution in [0.15, 0.2) is 110 Å². The molecule has 10 nitrogen and oxygen atoms in total. The van der Waals surface area contributed by atoms with Crippen molar-refractivity contribution in [2.75, 3.05) is 11.4 Å². The molecule has 0 saturated carbocycles. The van der Waals surface area contributed by atoms with Gasteiger partial charge >= 0.3 is 5.97 Å². The average molecular weight is 763 g/mol. The van der Waals surface area contributed by atoms with Gasteiger partial charge in [-0.1, -0.05) is 76.0 Å². The zero-order chi connectivity index (χ0) is 37.8. The molecule has 0 saturated heterocycles. The molecule has 2 heterocycles. The largest absolute Gasteiger partial charge is 0.481 e. The number of rotatable bonds is 11. The second kappa shape index (κ2) is 13.6. The Hall–Kier alpha value is -4.33. The lowest BCUT2D eigenvalue weighted by Gasteiger charge is -2.27. The molecule has 52 heavy (non-hydrogen) atoms. The van der Waals surface area contributed by atoms with Gasteiger partial charge in [-0.3, -0.25) is 18.9 Å². The van der Waals surface area contributed by atoms with Crippen LogP contribution in [0.25, 0.3) is 21.5 Å². The average Bonchev–Trinajstić information content (AvgIpc) is 3.45. The second-order valence-corrected chi connectivity index (χ2v) is 17.4. The summed E-state index contributed by atoms with van der Waals surface area (Å²) in [4.78, 5) is 17.7. The van der Waals surface area contributed by atoms with Gasteiger partial charge in [0.2, 0.25) is 0 Å². The van der Waals surface area contributed by atoms with Crippen molar-refractivity contribution in [3.05, 3.63) is 107 Å². The van der Waals surface area contributed by atoms with E-state index in [1.165, 1.54) is 18.2 Å². The molecule has 0 aromatic heterocycles. The fourth-order valence-electron chi connectivity index (χ4n) is 7.50. The van der Waals surface area contributed by atoms with E-state index in [1.54, 1.807) is 30.4 Å². The number of aliphatic imine (C=N–C) groups is 1. The van der Waals surface area contributed by atoms with Crippen LogP contribution in [0.3, 0.4) is 0 Å². The van der Waals surface area contributed by atoms with Crippen LogP contribution >= 0.6 is 11.6 Å². The fourth-order valence-corrected chi connectivity index (χ4v) is 8.83. The molecule has 2 aliphatic heterocycles. The summed E-state index contributed by atoms with van der Waals surface area (Å²) in [5, 5.41) is 12.1. The summed E-state index contributed by atoms with van der Waals surface area (Å²) < 4.78 is 68.0. The molecule has 0 radical (unpaired) electrons. The maximum Gasteiger partial charge on any atom is 0.303 e. The number of hydrogen-bond acceptors (Lipinski definition) is 7. The van der Waals surface area contributed by atoms with Gasteiger partial charge in [0.15, 0.2) is 0 Å². The predicted molar refractivity (Wildman–Crippen MR) is 205 cm³/mol. The first-order chi connectivity index (χ1) is 24.3. The van der Waals surface area contributed by atoms with E-state index < -0.39 is 37.0 Å². The Bertz CT molecular complexity index is 2500. The van der Waals surface area contributed by atoms with Crippen molar-refractivity contribution < 1.29 is 35.8 Å². The number of carbonyl (C=O) groups is 1. The summed E-state index contributed by atoms with van der Waals surface area (Å²) in [6, 6.07) is 16.6. The van der Waals surface area contributed by atoms with Gasteiger partial charge in [0.25, 0.3) is 20.2 Å². The highest BCUT2D eigenvalue weighted by molar-refractivity contribution is 7.86. The molecule has 0 aliphatic carbocycles. The molecule has 0 unspecified atom stereocenters. The Morgan fingerprint density at radius 2 is 1.58 bits per heavy atom. The Morgan fingerprint density at radius 1 is 0.846 bits per heavy atom. The van der Waals surface area contributed by atoms with Crippen molar-refractivity contribution in [2.45, 2.75) is 74.0 Å². The molecule has 272 valence electrons. The summed E-state index contributed by atoms with van der Waals surface area (Å²) in [6.45, 7) is 8.66. The quantitative estimate of drug-likeness (QED) is 0.0770. The number of benzene rings is 4. The lowest BCUT2D eigenvalue weighted by molar-refractivity contribution is -0.137. The van der Waals surface area contributed by atoms with E-state index in [2.05, 4.69) is 4.90 Å². The smallest absolute Gasteiger partial charge is 0.303 e. The maximum atomic E-state index is 12.3. The Kier molecular flexibility index (Phi) is 9.77. The number of aliphatic carboxylic acids is 1. The summed E-state index contributed by atoms with van der Waals surface area (Å²) in [5.41, 5.74) is 3.70. The zero-order valence-electron chi connectivity index (χ0n) is 29.1. The van der Waals surface area contributed by atoms with Gasteiger partial charge in [-0.25, -0.2) is 0 Å². The number of hydrogen-bond donors (Lipinski definition) is 3. The van der Waals surface area contributed by atoms with Crippen LogP contribution in [0.4, 0.5) is 11.4 Å². The SMILES string of the molecule is CC1(C)C(/C=C/C(Cl)=C/C=C2/N(CCCCCC(=O)O)c3ccc4c(S(=O)(=O)O)cccc4c3C2(C)C)=Nc2ccc3ccc(S(=O)(=O)O)cc3c21. The molecule has 4 aromatic carbocycles. The van der Waals surface area contributed by atoms with Crippen molar-refractivity contribution >= 4 is 76.4 Å². The number of carboxylic acids is 1. The molecular weight excluding hydrogens is 724 g/mol. The van der Waals surface area contributed by atoms with E-state index in [-0.39, 0.29) is 16.2 Å². The standard InChI is InChI=1S/C39H39ClN2O8S2/c1-38(2)33(41-30-18-13-24-12-16-26(51(45,46)47)23-29(24)36(30)38)20-14-25(40)15-21-34-39(3,4)37-28-9-8-10-32(52(48,49)50)27(28)17-19-31(37)42(34)22-7-5-6-11-35(43)44/h8-10,12-21,23H,5-7,11,22H2,1-4H3,(H,43,44)(H,45,46,47)(H,48,49,50)/b20-14+,25-15-,34-21+. The van der Waals surface area contributed by atoms with E-state index in [1.807, 2.05) is 64.1 Å². The summed E-state index contributed by atoms with van der Waals surface area (Å²) in [5.74, 6) is -0.836. The monoisotopic (exact) mass is 762 g/mol. The van der Waals surface area contributed by atoms with Crippen molar-refractivity contribution in [3.8, 4) is 0 Å². The van der Waals surface area contributed by atoms with Gasteiger partial charge in [-0.05, 0) is 94.8 Å². The number of anilines is 1. The van der Waals surface area contributed by atoms with E-state index >= 15 is 0 Å². The molecule has 4 aromatic rings. The van der Waals surface area contributed by atoms with Gasteiger partial charge in [-0.2, -0.15) is 16.8 Å². The van der Waals surface area contributed by atoms with E-state index in [9.17, 15) is 30.7 Å². The minimum atomic E-state index is -4.47. The third-order valence-corrected chi connectivity index (χ3v) is 12.0. The number of halogens is 1. The molecule has 0 fully saturated rings. The molecule has 0 spiro atoms. The molecule has 0 amide bonds. The topological polar surface area (TPSA) is 162 Å². The first-order valence-corrected chi connectivity index (χ1v) is 20.0. The number of nitrogens with zero attached hydrogens (tertiary/aromatic N) is 2. The van der Waals surface area contributed by atoms with Crippen LogP contribution in [0.2, 0.25) is 0 Å². The maximum absolute atomic E-state index is 12.3. The molecule has 3 N–H and O–H groups in total. The van der Waals surface area contributed by atoms with Gasteiger partial charge < -0.3 is 10.0 Å². The third kappa shape index (κ3) is 6.93. The molecular formula is C39H39ClN2O8S2. The van der Waals surface area contributed by atoms with Crippen molar-refractivity contribution in [1.82, 2.24) is 0 Å². The first kappa shape index (κ1) is 37.4. The number of fused-ring (bicyclic) bond motifs is 6. The molecule has 6 rings (SSSR count). The Labute approximate surface area is 308 Å². The van der Waals surface area contributed by atoms with Crippen LogP contribution in [0.1, 0.15) is 64.5 Å².